The highest BCUT2D eigenvalue weighted by molar-refractivity contribution is 14.0. The van der Waals surface area contributed by atoms with Crippen LogP contribution in [-0.2, 0) is 9.53 Å². The molecular formula is C16H35IN4O2. The fourth-order valence-corrected chi connectivity index (χ4v) is 1.43. The van der Waals surface area contributed by atoms with Crippen molar-refractivity contribution in [2.45, 2.75) is 34.1 Å². The monoisotopic (exact) mass is 442 g/mol. The minimum atomic E-state index is -0.0150. The van der Waals surface area contributed by atoms with Crippen molar-refractivity contribution in [1.29, 1.82) is 0 Å². The Bertz CT molecular complexity index is 334. The van der Waals surface area contributed by atoms with Crippen LogP contribution in [0.1, 0.15) is 34.1 Å². The van der Waals surface area contributed by atoms with Crippen LogP contribution in [0.3, 0.4) is 0 Å². The molecular weight excluding hydrogens is 407 g/mol. The molecule has 0 fully saturated rings. The summed E-state index contributed by atoms with van der Waals surface area (Å²) in [6, 6.07) is 0. The summed E-state index contributed by atoms with van der Waals surface area (Å²) in [5.74, 6) is 1.82. The molecule has 6 nitrogen and oxygen atoms in total. The molecule has 0 aromatic rings. The number of hydrogen-bond acceptors (Lipinski definition) is 3. The second-order valence-electron chi connectivity index (χ2n) is 6.45. The Labute approximate surface area is 158 Å². The summed E-state index contributed by atoms with van der Waals surface area (Å²) in [5.41, 5.74) is 0. The Kier molecular flexibility index (Phi) is 16.1. The SMILES string of the molecule is CC(C)CCOCCNC(=NCC(=O)N(C)C)NCC(C)C.I. The standard InChI is InChI=1S/C16H34N4O2.HI/c1-13(2)7-9-22-10-8-17-16(18-11-14(3)4)19-12-15(21)20(5)6;/h13-14H,7-12H2,1-6H3,(H2,17,18,19);1H. The van der Waals surface area contributed by atoms with Gasteiger partial charge in [-0.1, -0.05) is 27.7 Å². The van der Waals surface area contributed by atoms with Crippen LogP contribution in [0.15, 0.2) is 4.99 Å². The molecule has 1 amide bonds. The van der Waals surface area contributed by atoms with Crippen molar-refractivity contribution in [3.05, 3.63) is 0 Å². The van der Waals surface area contributed by atoms with Gasteiger partial charge in [-0.15, -0.1) is 24.0 Å². The minimum Gasteiger partial charge on any atom is -0.380 e. The van der Waals surface area contributed by atoms with E-state index in [1.54, 1.807) is 19.0 Å². The van der Waals surface area contributed by atoms with Crippen molar-refractivity contribution in [2.75, 3.05) is 46.9 Å². The lowest BCUT2D eigenvalue weighted by molar-refractivity contribution is -0.127. The van der Waals surface area contributed by atoms with Crippen LogP contribution in [0.25, 0.3) is 0 Å². The molecule has 0 bridgehead atoms. The number of halogens is 1. The number of nitrogens with one attached hydrogen (secondary N) is 2. The highest BCUT2D eigenvalue weighted by Crippen LogP contribution is 1.98. The lowest BCUT2D eigenvalue weighted by atomic mass is 10.1. The van der Waals surface area contributed by atoms with Crippen molar-refractivity contribution in [1.82, 2.24) is 15.5 Å². The van der Waals surface area contributed by atoms with Gasteiger partial charge in [0, 0.05) is 33.8 Å². The largest absolute Gasteiger partial charge is 0.380 e. The Balaban J connectivity index is 0. The van der Waals surface area contributed by atoms with Gasteiger partial charge in [0.15, 0.2) is 5.96 Å². The molecule has 0 heterocycles. The maximum atomic E-state index is 11.6. The first kappa shape index (κ1) is 24.7. The summed E-state index contributed by atoms with van der Waals surface area (Å²) in [6.45, 7) is 11.7. The Morgan fingerprint density at radius 2 is 1.74 bits per heavy atom. The average Bonchev–Trinajstić information content (AvgIpc) is 2.43. The van der Waals surface area contributed by atoms with Crippen LogP contribution in [0.2, 0.25) is 0 Å². The number of carbonyl (C=O) groups excluding carboxylic acids is 1. The van der Waals surface area contributed by atoms with Gasteiger partial charge in [-0.25, -0.2) is 4.99 Å². The number of nitrogens with zero attached hydrogens (tertiary/aromatic N) is 2. The Morgan fingerprint density at radius 1 is 1.09 bits per heavy atom. The van der Waals surface area contributed by atoms with E-state index in [0.717, 1.165) is 19.6 Å². The van der Waals surface area contributed by atoms with E-state index in [2.05, 4.69) is 43.3 Å². The predicted octanol–water partition coefficient (Wildman–Crippen LogP) is 1.95. The lowest BCUT2D eigenvalue weighted by Crippen LogP contribution is -2.41. The van der Waals surface area contributed by atoms with Gasteiger partial charge in [0.1, 0.15) is 6.54 Å². The third-order valence-corrected chi connectivity index (χ3v) is 2.93. The van der Waals surface area contributed by atoms with Gasteiger partial charge in [-0.2, -0.15) is 0 Å². The first-order valence-electron chi connectivity index (χ1n) is 8.13. The lowest BCUT2D eigenvalue weighted by Gasteiger charge is -2.15. The molecule has 0 atom stereocenters. The second-order valence-corrected chi connectivity index (χ2v) is 6.45. The van der Waals surface area contributed by atoms with Gasteiger partial charge in [0.05, 0.1) is 6.61 Å². The van der Waals surface area contributed by atoms with Crippen molar-refractivity contribution in [3.8, 4) is 0 Å². The van der Waals surface area contributed by atoms with E-state index in [0.29, 0.717) is 30.9 Å². The van der Waals surface area contributed by atoms with E-state index in [1.165, 1.54) is 0 Å². The smallest absolute Gasteiger partial charge is 0.243 e. The van der Waals surface area contributed by atoms with Crippen LogP contribution in [0.5, 0.6) is 0 Å². The topological polar surface area (TPSA) is 66.0 Å². The Morgan fingerprint density at radius 3 is 2.26 bits per heavy atom. The molecule has 0 aliphatic heterocycles. The molecule has 7 heteroatoms. The Hall–Kier alpha value is -0.570. The second kappa shape index (κ2) is 15.0. The number of rotatable bonds is 10. The summed E-state index contributed by atoms with van der Waals surface area (Å²) in [7, 11) is 3.46. The third kappa shape index (κ3) is 16.1. The molecule has 0 aromatic carbocycles. The van der Waals surface area contributed by atoms with E-state index in [4.69, 9.17) is 4.74 Å². The van der Waals surface area contributed by atoms with E-state index >= 15 is 0 Å². The summed E-state index contributed by atoms with van der Waals surface area (Å²) >= 11 is 0. The summed E-state index contributed by atoms with van der Waals surface area (Å²) in [6.07, 6.45) is 1.07. The average molecular weight is 442 g/mol. The van der Waals surface area contributed by atoms with Gasteiger partial charge < -0.3 is 20.3 Å². The number of hydrogen-bond donors (Lipinski definition) is 2. The summed E-state index contributed by atoms with van der Waals surface area (Å²) in [5, 5.41) is 6.44. The maximum Gasteiger partial charge on any atom is 0.243 e. The van der Waals surface area contributed by atoms with E-state index in [9.17, 15) is 4.79 Å². The first-order chi connectivity index (χ1) is 10.3. The molecule has 0 aromatic heterocycles. The highest BCUT2D eigenvalue weighted by atomic mass is 127. The van der Waals surface area contributed by atoms with Crippen molar-refractivity contribution >= 4 is 35.8 Å². The number of likely N-dealkylation sites (N-methyl/N-ethyl adjacent to an activating group) is 1. The summed E-state index contributed by atoms with van der Waals surface area (Å²) in [4.78, 5) is 17.5. The molecule has 0 aliphatic carbocycles. The first-order valence-corrected chi connectivity index (χ1v) is 8.13. The number of carbonyl (C=O) groups is 1. The molecule has 0 aliphatic rings. The van der Waals surface area contributed by atoms with Crippen LogP contribution in [-0.4, -0.2) is 63.7 Å². The normalized spacial score (nSPS) is 11.4. The third-order valence-electron chi connectivity index (χ3n) is 2.93. The minimum absolute atomic E-state index is 0. The zero-order valence-corrected chi connectivity index (χ0v) is 17.8. The number of ether oxygens (including phenoxy) is 1. The molecule has 0 unspecified atom stereocenters. The van der Waals surface area contributed by atoms with E-state index in [1.807, 2.05) is 0 Å². The van der Waals surface area contributed by atoms with Crippen LogP contribution >= 0.6 is 24.0 Å². The number of guanidine groups is 1. The maximum absolute atomic E-state index is 11.6. The van der Waals surface area contributed by atoms with Crippen molar-refractivity contribution in [2.24, 2.45) is 16.8 Å². The molecule has 0 spiro atoms. The molecule has 0 saturated carbocycles. The highest BCUT2D eigenvalue weighted by Gasteiger charge is 2.05. The van der Waals surface area contributed by atoms with Crippen molar-refractivity contribution < 1.29 is 9.53 Å². The van der Waals surface area contributed by atoms with Gasteiger partial charge in [-0.3, -0.25) is 4.79 Å². The van der Waals surface area contributed by atoms with Gasteiger partial charge in [-0.05, 0) is 18.3 Å². The summed E-state index contributed by atoms with van der Waals surface area (Å²) < 4.78 is 5.56. The fourth-order valence-electron chi connectivity index (χ4n) is 1.43. The molecule has 0 radical (unpaired) electrons. The van der Waals surface area contributed by atoms with E-state index < -0.39 is 0 Å². The molecule has 138 valence electrons. The van der Waals surface area contributed by atoms with Crippen molar-refractivity contribution in [3.63, 3.8) is 0 Å². The van der Waals surface area contributed by atoms with Crippen LogP contribution in [0.4, 0.5) is 0 Å². The molecule has 23 heavy (non-hydrogen) atoms. The van der Waals surface area contributed by atoms with E-state index in [-0.39, 0.29) is 36.4 Å². The molecule has 0 rings (SSSR count). The van der Waals surface area contributed by atoms with Crippen LogP contribution in [0, 0.1) is 11.8 Å². The number of amides is 1. The zero-order valence-electron chi connectivity index (χ0n) is 15.5. The van der Waals surface area contributed by atoms with Gasteiger partial charge in [0.2, 0.25) is 5.91 Å². The number of aliphatic imine (C=N–C) groups is 1. The van der Waals surface area contributed by atoms with Crippen LogP contribution < -0.4 is 10.6 Å². The molecule has 2 N–H and O–H groups in total. The van der Waals surface area contributed by atoms with Gasteiger partial charge >= 0.3 is 0 Å². The molecule has 0 saturated heterocycles. The predicted molar refractivity (Wildman–Crippen MR) is 108 cm³/mol. The van der Waals surface area contributed by atoms with Gasteiger partial charge in [0.25, 0.3) is 0 Å². The quantitative estimate of drug-likeness (QED) is 0.235. The zero-order chi connectivity index (χ0) is 17.0. The fraction of sp³-hybridized carbons (Fsp3) is 0.875.